The Balaban J connectivity index is 2.80. The maximum absolute atomic E-state index is 12.1. The van der Waals surface area contributed by atoms with Gasteiger partial charge in [-0.25, -0.2) is 0 Å². The van der Waals surface area contributed by atoms with Crippen LogP contribution < -0.4 is 0 Å². The number of carboxylic acid groups (broad SMARTS) is 1. The Morgan fingerprint density at radius 2 is 2.24 bits per heavy atom. The van der Waals surface area contributed by atoms with E-state index in [1.54, 1.807) is 30.9 Å². The Kier molecular flexibility index (Phi) is 4.25. The van der Waals surface area contributed by atoms with Crippen LogP contribution in [0.1, 0.15) is 30.8 Å². The number of rotatable bonds is 5. The lowest BCUT2D eigenvalue weighted by Gasteiger charge is -2.26. The lowest BCUT2D eigenvalue weighted by atomic mass is 10.2. The van der Waals surface area contributed by atoms with E-state index in [4.69, 9.17) is 5.11 Å². The Bertz CT molecular complexity index is 414. The van der Waals surface area contributed by atoms with E-state index in [9.17, 15) is 9.59 Å². The topological polar surface area (TPSA) is 75.4 Å². The molecule has 94 valence electrons. The highest BCUT2D eigenvalue weighted by molar-refractivity contribution is 5.92. The summed E-state index contributed by atoms with van der Waals surface area (Å²) in [4.78, 5) is 24.2. The van der Waals surface area contributed by atoms with Gasteiger partial charge in [0.25, 0.3) is 5.91 Å². The van der Waals surface area contributed by atoms with Gasteiger partial charge in [0.2, 0.25) is 0 Å². The standard InChI is InChI=1S/C11H17N3O3/c1-4-14(8(2)7-10(15)16)11(17)9-5-6-13(3)12-9/h5-6,8H,4,7H2,1-3H3,(H,15,16). The molecule has 0 aromatic carbocycles. The van der Waals surface area contributed by atoms with Crippen molar-refractivity contribution < 1.29 is 14.7 Å². The predicted octanol–water partition coefficient (Wildman–Crippen LogP) is 0.745. The number of aryl methyl sites for hydroxylation is 1. The summed E-state index contributed by atoms with van der Waals surface area (Å²) in [5, 5.41) is 12.7. The number of carbonyl (C=O) groups is 2. The second kappa shape index (κ2) is 5.47. The summed E-state index contributed by atoms with van der Waals surface area (Å²) in [5.41, 5.74) is 0.339. The highest BCUT2D eigenvalue weighted by Crippen LogP contribution is 2.09. The molecule has 0 aliphatic heterocycles. The number of amides is 1. The second-order valence-corrected chi connectivity index (χ2v) is 3.91. The quantitative estimate of drug-likeness (QED) is 0.822. The van der Waals surface area contributed by atoms with Gasteiger partial charge >= 0.3 is 5.97 Å². The molecule has 0 saturated carbocycles. The fourth-order valence-corrected chi connectivity index (χ4v) is 1.69. The summed E-state index contributed by atoms with van der Waals surface area (Å²) in [6.07, 6.45) is 1.62. The molecule has 1 amide bonds. The van der Waals surface area contributed by atoms with Crippen molar-refractivity contribution in [3.05, 3.63) is 18.0 Å². The predicted molar refractivity (Wildman–Crippen MR) is 61.6 cm³/mol. The van der Waals surface area contributed by atoms with Gasteiger partial charge in [0, 0.05) is 25.8 Å². The molecule has 17 heavy (non-hydrogen) atoms. The lowest BCUT2D eigenvalue weighted by Crippen LogP contribution is -2.39. The first-order valence-electron chi connectivity index (χ1n) is 5.48. The van der Waals surface area contributed by atoms with Gasteiger partial charge in [-0.05, 0) is 19.9 Å². The molecule has 1 rings (SSSR count). The summed E-state index contributed by atoms with van der Waals surface area (Å²) in [6.45, 7) is 4.00. The van der Waals surface area contributed by atoms with E-state index in [0.717, 1.165) is 0 Å². The van der Waals surface area contributed by atoms with E-state index < -0.39 is 5.97 Å². The number of aromatic nitrogens is 2. The molecule has 1 atom stereocenters. The summed E-state index contributed by atoms with van der Waals surface area (Å²) in [6, 6.07) is 1.28. The van der Waals surface area contributed by atoms with Crippen LogP contribution in [0.25, 0.3) is 0 Å². The fraction of sp³-hybridized carbons (Fsp3) is 0.545. The van der Waals surface area contributed by atoms with Crippen molar-refractivity contribution in [2.75, 3.05) is 6.54 Å². The second-order valence-electron chi connectivity index (χ2n) is 3.91. The number of carbonyl (C=O) groups excluding carboxylic acids is 1. The van der Waals surface area contributed by atoms with Gasteiger partial charge in [0.05, 0.1) is 6.42 Å². The third kappa shape index (κ3) is 3.30. The van der Waals surface area contributed by atoms with Crippen LogP contribution in [0.5, 0.6) is 0 Å². The summed E-state index contributed by atoms with van der Waals surface area (Å²) in [5.74, 6) is -1.15. The molecule has 6 nitrogen and oxygen atoms in total. The zero-order valence-corrected chi connectivity index (χ0v) is 10.3. The number of carboxylic acids is 1. The van der Waals surface area contributed by atoms with Gasteiger partial charge in [0.15, 0.2) is 0 Å². The summed E-state index contributed by atoms with van der Waals surface area (Å²) in [7, 11) is 1.73. The average molecular weight is 239 g/mol. The van der Waals surface area contributed by atoms with Crippen molar-refractivity contribution in [1.29, 1.82) is 0 Å². The third-order valence-corrected chi connectivity index (χ3v) is 2.54. The van der Waals surface area contributed by atoms with Crippen LogP contribution in [0.2, 0.25) is 0 Å². The van der Waals surface area contributed by atoms with Gasteiger partial charge in [-0.3, -0.25) is 14.3 Å². The van der Waals surface area contributed by atoms with Crippen LogP contribution in [-0.4, -0.2) is 44.3 Å². The van der Waals surface area contributed by atoms with Crippen molar-refractivity contribution in [2.24, 2.45) is 7.05 Å². The van der Waals surface area contributed by atoms with Crippen molar-refractivity contribution in [3.8, 4) is 0 Å². The van der Waals surface area contributed by atoms with Crippen LogP contribution in [0.15, 0.2) is 12.3 Å². The highest BCUT2D eigenvalue weighted by Gasteiger charge is 2.23. The number of nitrogens with zero attached hydrogens (tertiary/aromatic N) is 3. The molecule has 0 spiro atoms. The van der Waals surface area contributed by atoms with Crippen molar-refractivity contribution in [2.45, 2.75) is 26.3 Å². The minimum atomic E-state index is -0.912. The molecule has 1 unspecified atom stereocenters. The van der Waals surface area contributed by atoms with E-state index in [2.05, 4.69) is 5.10 Å². The monoisotopic (exact) mass is 239 g/mol. The maximum Gasteiger partial charge on any atom is 0.305 e. The molecule has 6 heteroatoms. The Morgan fingerprint density at radius 3 is 2.65 bits per heavy atom. The van der Waals surface area contributed by atoms with Crippen LogP contribution in [0, 0.1) is 0 Å². The van der Waals surface area contributed by atoms with E-state index in [1.165, 1.54) is 4.90 Å². The van der Waals surface area contributed by atoms with Gasteiger partial charge < -0.3 is 10.0 Å². The Morgan fingerprint density at radius 1 is 1.59 bits per heavy atom. The van der Waals surface area contributed by atoms with Crippen LogP contribution >= 0.6 is 0 Å². The molecule has 1 aromatic heterocycles. The largest absolute Gasteiger partial charge is 0.481 e. The van der Waals surface area contributed by atoms with E-state index >= 15 is 0 Å². The average Bonchev–Trinajstić information content (AvgIpc) is 2.64. The number of hydrogen-bond donors (Lipinski definition) is 1. The first-order chi connectivity index (χ1) is 7.95. The number of aliphatic carboxylic acids is 1. The first-order valence-corrected chi connectivity index (χ1v) is 5.48. The minimum Gasteiger partial charge on any atom is -0.481 e. The molecule has 1 aromatic rings. The summed E-state index contributed by atoms with van der Waals surface area (Å²) >= 11 is 0. The van der Waals surface area contributed by atoms with Crippen LogP contribution in [0.4, 0.5) is 0 Å². The van der Waals surface area contributed by atoms with Gasteiger partial charge in [0.1, 0.15) is 5.69 Å². The molecular formula is C11H17N3O3. The summed E-state index contributed by atoms with van der Waals surface area (Å²) < 4.78 is 1.54. The highest BCUT2D eigenvalue weighted by atomic mass is 16.4. The smallest absolute Gasteiger partial charge is 0.305 e. The molecule has 0 fully saturated rings. The van der Waals surface area contributed by atoms with Crippen molar-refractivity contribution in [1.82, 2.24) is 14.7 Å². The Hall–Kier alpha value is -1.85. The lowest BCUT2D eigenvalue weighted by molar-refractivity contribution is -0.138. The molecule has 0 saturated heterocycles. The Labute approximate surface area is 99.8 Å². The fourth-order valence-electron chi connectivity index (χ4n) is 1.69. The first kappa shape index (κ1) is 13.2. The van der Waals surface area contributed by atoms with Gasteiger partial charge in [-0.1, -0.05) is 0 Å². The molecule has 1 N–H and O–H groups in total. The maximum atomic E-state index is 12.1. The van der Waals surface area contributed by atoms with E-state index in [0.29, 0.717) is 12.2 Å². The van der Waals surface area contributed by atoms with Crippen molar-refractivity contribution >= 4 is 11.9 Å². The molecule has 0 radical (unpaired) electrons. The van der Waals surface area contributed by atoms with Gasteiger partial charge in [-0.2, -0.15) is 5.10 Å². The minimum absolute atomic E-state index is 0.0631. The zero-order valence-electron chi connectivity index (χ0n) is 10.3. The number of hydrogen-bond acceptors (Lipinski definition) is 3. The normalized spacial score (nSPS) is 12.2. The molecule has 0 aliphatic carbocycles. The van der Waals surface area contributed by atoms with Crippen LogP contribution in [-0.2, 0) is 11.8 Å². The van der Waals surface area contributed by atoms with Gasteiger partial charge in [-0.15, -0.1) is 0 Å². The van der Waals surface area contributed by atoms with E-state index in [1.807, 2.05) is 6.92 Å². The zero-order chi connectivity index (χ0) is 13.0. The van der Waals surface area contributed by atoms with Crippen LogP contribution in [0.3, 0.4) is 0 Å². The third-order valence-electron chi connectivity index (χ3n) is 2.54. The van der Waals surface area contributed by atoms with E-state index in [-0.39, 0.29) is 18.4 Å². The molecule has 0 bridgehead atoms. The molecular weight excluding hydrogens is 222 g/mol. The van der Waals surface area contributed by atoms with Crippen molar-refractivity contribution in [3.63, 3.8) is 0 Å². The molecule has 0 aliphatic rings. The molecule has 1 heterocycles. The SMILES string of the molecule is CCN(C(=O)c1ccn(C)n1)C(C)CC(=O)O.